The largest absolute Gasteiger partial charge is 0.342 e. The van der Waals surface area contributed by atoms with Crippen LogP contribution in [0.4, 0.5) is 0 Å². The highest BCUT2D eigenvalue weighted by Crippen LogP contribution is 1.98. The Labute approximate surface area is 42.1 Å². The standard InChI is InChI=1S/C4H8N2O/c5-4-1-6(2-4)3-7/h3-4H,1-2,5H2. The number of carbonyl (C=O) groups is 1. The van der Waals surface area contributed by atoms with Gasteiger partial charge in [-0.25, -0.2) is 0 Å². The minimum atomic E-state index is 0.241. The van der Waals surface area contributed by atoms with E-state index in [9.17, 15) is 4.79 Å². The van der Waals surface area contributed by atoms with Crippen molar-refractivity contribution in [2.45, 2.75) is 6.04 Å². The van der Waals surface area contributed by atoms with Gasteiger partial charge >= 0.3 is 0 Å². The third kappa shape index (κ3) is 0.718. The molecule has 1 aliphatic rings. The molecule has 0 atom stereocenters. The lowest BCUT2D eigenvalue weighted by molar-refractivity contribution is -0.121. The van der Waals surface area contributed by atoms with E-state index in [0.717, 1.165) is 19.5 Å². The molecule has 0 aromatic heterocycles. The van der Waals surface area contributed by atoms with Gasteiger partial charge in [-0.15, -0.1) is 0 Å². The summed E-state index contributed by atoms with van der Waals surface area (Å²) in [4.78, 5) is 11.4. The Morgan fingerprint density at radius 2 is 2.29 bits per heavy atom. The molecule has 1 heterocycles. The first-order chi connectivity index (χ1) is 3.33. The van der Waals surface area contributed by atoms with Crippen molar-refractivity contribution < 1.29 is 4.79 Å². The van der Waals surface area contributed by atoms with Crippen LogP contribution in [0.3, 0.4) is 0 Å². The van der Waals surface area contributed by atoms with E-state index in [2.05, 4.69) is 0 Å². The Morgan fingerprint density at radius 3 is 2.43 bits per heavy atom. The number of hydrogen-bond acceptors (Lipinski definition) is 2. The van der Waals surface area contributed by atoms with Gasteiger partial charge in [0.05, 0.1) is 0 Å². The summed E-state index contributed by atoms with van der Waals surface area (Å²) in [6, 6.07) is 0.241. The van der Waals surface area contributed by atoms with Gasteiger partial charge in [0, 0.05) is 19.1 Å². The molecule has 3 nitrogen and oxygen atoms in total. The molecule has 0 radical (unpaired) electrons. The number of carbonyl (C=O) groups excluding carboxylic acids is 1. The van der Waals surface area contributed by atoms with Gasteiger partial charge in [0.2, 0.25) is 6.41 Å². The maximum Gasteiger partial charge on any atom is 0.209 e. The van der Waals surface area contributed by atoms with Gasteiger partial charge in [-0.1, -0.05) is 0 Å². The Hall–Kier alpha value is -0.570. The molecule has 1 rings (SSSR count). The molecule has 1 saturated heterocycles. The van der Waals surface area contributed by atoms with E-state index in [-0.39, 0.29) is 6.04 Å². The fraction of sp³-hybridized carbons (Fsp3) is 0.750. The first-order valence-electron chi connectivity index (χ1n) is 2.28. The van der Waals surface area contributed by atoms with Crippen molar-refractivity contribution in [3.8, 4) is 0 Å². The number of nitrogens with two attached hydrogens (primary N) is 1. The van der Waals surface area contributed by atoms with Gasteiger partial charge in [0.1, 0.15) is 0 Å². The zero-order valence-corrected chi connectivity index (χ0v) is 4.00. The van der Waals surface area contributed by atoms with E-state index < -0.39 is 0 Å². The maximum atomic E-state index is 9.80. The van der Waals surface area contributed by atoms with E-state index >= 15 is 0 Å². The fourth-order valence-electron chi connectivity index (χ4n) is 0.635. The molecule has 2 N–H and O–H groups in total. The number of rotatable bonds is 1. The third-order valence-corrected chi connectivity index (χ3v) is 1.09. The maximum absolute atomic E-state index is 9.80. The van der Waals surface area contributed by atoms with Crippen molar-refractivity contribution in [1.82, 2.24) is 4.90 Å². The summed E-state index contributed by atoms with van der Waals surface area (Å²) in [6.07, 6.45) is 0.823. The van der Waals surface area contributed by atoms with Crippen LogP contribution in [0.1, 0.15) is 0 Å². The van der Waals surface area contributed by atoms with Crippen LogP contribution in [0.5, 0.6) is 0 Å². The number of amides is 1. The summed E-state index contributed by atoms with van der Waals surface area (Å²) in [5.41, 5.74) is 5.34. The summed E-state index contributed by atoms with van der Waals surface area (Å²) < 4.78 is 0. The van der Waals surface area contributed by atoms with Gasteiger partial charge in [0.15, 0.2) is 0 Å². The summed E-state index contributed by atoms with van der Waals surface area (Å²) in [5.74, 6) is 0. The molecule has 0 saturated carbocycles. The Morgan fingerprint density at radius 1 is 1.71 bits per heavy atom. The average Bonchev–Trinajstić information content (AvgIpc) is 1.58. The first kappa shape index (κ1) is 4.59. The molecule has 7 heavy (non-hydrogen) atoms. The van der Waals surface area contributed by atoms with Gasteiger partial charge in [-0.3, -0.25) is 4.79 Å². The lowest BCUT2D eigenvalue weighted by Gasteiger charge is -2.33. The summed E-state index contributed by atoms with van der Waals surface area (Å²) in [6.45, 7) is 1.48. The monoisotopic (exact) mass is 100 g/mol. The first-order valence-corrected chi connectivity index (χ1v) is 2.28. The highest BCUT2D eigenvalue weighted by atomic mass is 16.1. The van der Waals surface area contributed by atoms with Crippen molar-refractivity contribution in [2.24, 2.45) is 5.73 Å². The topological polar surface area (TPSA) is 46.3 Å². The van der Waals surface area contributed by atoms with E-state index in [4.69, 9.17) is 5.73 Å². The van der Waals surface area contributed by atoms with Gasteiger partial charge in [0.25, 0.3) is 0 Å². The molecule has 1 amide bonds. The van der Waals surface area contributed by atoms with Gasteiger partial charge in [-0.2, -0.15) is 0 Å². The summed E-state index contributed by atoms with van der Waals surface area (Å²) >= 11 is 0. The summed E-state index contributed by atoms with van der Waals surface area (Å²) in [7, 11) is 0. The minimum Gasteiger partial charge on any atom is -0.342 e. The number of nitrogens with zero attached hydrogens (tertiary/aromatic N) is 1. The predicted octanol–water partition coefficient (Wildman–Crippen LogP) is -1.21. The molecular weight excluding hydrogens is 92.1 g/mol. The number of likely N-dealkylation sites (tertiary alicyclic amines) is 1. The molecule has 0 aromatic carbocycles. The quantitative estimate of drug-likeness (QED) is 0.420. The van der Waals surface area contributed by atoms with Gasteiger partial charge < -0.3 is 10.6 Å². The van der Waals surface area contributed by atoms with Crippen molar-refractivity contribution in [3.63, 3.8) is 0 Å². The summed E-state index contributed by atoms with van der Waals surface area (Å²) in [5, 5.41) is 0. The molecule has 0 aromatic rings. The Kier molecular flexibility index (Phi) is 0.982. The lowest BCUT2D eigenvalue weighted by Crippen LogP contribution is -2.54. The normalized spacial score (nSPS) is 21.6. The van der Waals surface area contributed by atoms with Crippen LogP contribution in [-0.2, 0) is 4.79 Å². The molecule has 40 valence electrons. The van der Waals surface area contributed by atoms with E-state index in [1.54, 1.807) is 4.90 Å². The second kappa shape index (κ2) is 1.50. The van der Waals surface area contributed by atoms with E-state index in [1.165, 1.54) is 0 Å². The lowest BCUT2D eigenvalue weighted by atomic mass is 10.2. The predicted molar refractivity (Wildman–Crippen MR) is 25.6 cm³/mol. The molecule has 0 unspecified atom stereocenters. The second-order valence-corrected chi connectivity index (χ2v) is 1.82. The molecule has 0 aliphatic carbocycles. The zero-order valence-electron chi connectivity index (χ0n) is 4.00. The smallest absolute Gasteiger partial charge is 0.209 e. The van der Waals surface area contributed by atoms with Crippen LogP contribution in [0.25, 0.3) is 0 Å². The SMILES string of the molecule is NC1CN(C=O)C1. The van der Waals surface area contributed by atoms with Crippen LogP contribution in [0.2, 0.25) is 0 Å². The van der Waals surface area contributed by atoms with Crippen LogP contribution in [0, 0.1) is 0 Å². The van der Waals surface area contributed by atoms with E-state index in [0.29, 0.717) is 0 Å². The molecular formula is C4H8N2O. The van der Waals surface area contributed by atoms with Crippen molar-refractivity contribution in [3.05, 3.63) is 0 Å². The zero-order chi connectivity index (χ0) is 5.28. The molecule has 0 bridgehead atoms. The molecule has 1 aliphatic heterocycles. The van der Waals surface area contributed by atoms with Crippen LogP contribution in [0.15, 0.2) is 0 Å². The Bertz CT molecular complexity index is 77.8. The van der Waals surface area contributed by atoms with Gasteiger partial charge in [-0.05, 0) is 0 Å². The average molecular weight is 100 g/mol. The third-order valence-electron chi connectivity index (χ3n) is 1.09. The molecule has 3 heteroatoms. The van der Waals surface area contributed by atoms with Crippen molar-refractivity contribution in [2.75, 3.05) is 13.1 Å². The molecule has 0 spiro atoms. The highest BCUT2D eigenvalue weighted by Gasteiger charge is 2.19. The van der Waals surface area contributed by atoms with E-state index in [1.807, 2.05) is 0 Å². The fourth-order valence-corrected chi connectivity index (χ4v) is 0.635. The molecule has 1 fully saturated rings. The Balaban J connectivity index is 2.17. The van der Waals surface area contributed by atoms with Crippen LogP contribution < -0.4 is 5.73 Å². The highest BCUT2D eigenvalue weighted by molar-refractivity contribution is 5.48. The van der Waals surface area contributed by atoms with Crippen LogP contribution in [-0.4, -0.2) is 30.4 Å². The number of hydrogen-bond donors (Lipinski definition) is 1. The second-order valence-electron chi connectivity index (χ2n) is 1.82. The minimum absolute atomic E-state index is 0.241. The van der Waals surface area contributed by atoms with Crippen molar-refractivity contribution >= 4 is 6.41 Å². The van der Waals surface area contributed by atoms with Crippen LogP contribution >= 0.6 is 0 Å². The van der Waals surface area contributed by atoms with Crippen molar-refractivity contribution in [1.29, 1.82) is 0 Å².